The molecular formula is C19H28N4O. The number of rotatable bonds is 4. The van der Waals surface area contributed by atoms with Gasteiger partial charge in [-0.25, -0.2) is 4.85 Å². The number of nitrogens with zero attached hydrogens (tertiary/aromatic N) is 4. The SMILES string of the molecule is [C-]#[N+]c1ccc(N2CCC(OC3CCN(C(C)C)CC3)CC2)nc1. The summed E-state index contributed by atoms with van der Waals surface area (Å²) in [5, 5.41) is 0. The predicted molar refractivity (Wildman–Crippen MR) is 96.6 cm³/mol. The Kier molecular flexibility index (Phi) is 5.70. The summed E-state index contributed by atoms with van der Waals surface area (Å²) in [5.41, 5.74) is 0.602. The number of pyridine rings is 1. The molecule has 0 spiro atoms. The summed E-state index contributed by atoms with van der Waals surface area (Å²) < 4.78 is 6.37. The Morgan fingerprint density at radius 3 is 2.21 bits per heavy atom. The highest BCUT2D eigenvalue weighted by molar-refractivity contribution is 5.49. The zero-order valence-electron chi connectivity index (χ0n) is 14.8. The van der Waals surface area contributed by atoms with E-state index in [2.05, 4.69) is 33.5 Å². The van der Waals surface area contributed by atoms with Gasteiger partial charge in [-0.15, -0.1) is 0 Å². The van der Waals surface area contributed by atoms with Gasteiger partial charge < -0.3 is 14.5 Å². The standard InChI is InChI=1S/C19H28N4O/c1-15(2)22-10-6-17(7-11-22)24-18-8-12-23(13-9-18)19-5-4-16(20-3)14-21-19/h4-5,14-15,17-18H,6-13H2,1-2H3. The Morgan fingerprint density at radius 2 is 1.71 bits per heavy atom. The maximum atomic E-state index is 7.00. The molecule has 3 rings (SSSR count). The van der Waals surface area contributed by atoms with Crippen LogP contribution in [0.25, 0.3) is 4.85 Å². The quantitative estimate of drug-likeness (QED) is 0.792. The van der Waals surface area contributed by atoms with Crippen LogP contribution < -0.4 is 4.90 Å². The molecular weight excluding hydrogens is 300 g/mol. The molecule has 2 fully saturated rings. The van der Waals surface area contributed by atoms with Gasteiger partial charge in [0.15, 0.2) is 0 Å². The lowest BCUT2D eigenvalue weighted by molar-refractivity contribution is -0.0540. The molecule has 0 saturated carbocycles. The molecule has 130 valence electrons. The Labute approximate surface area is 145 Å². The molecule has 0 amide bonds. The minimum absolute atomic E-state index is 0.388. The molecule has 0 unspecified atom stereocenters. The third-order valence-electron chi connectivity index (χ3n) is 5.22. The Hall–Kier alpha value is -1.64. The van der Waals surface area contributed by atoms with Gasteiger partial charge in [0.2, 0.25) is 5.69 Å². The third-order valence-corrected chi connectivity index (χ3v) is 5.22. The average molecular weight is 328 g/mol. The van der Waals surface area contributed by atoms with E-state index in [9.17, 15) is 0 Å². The van der Waals surface area contributed by atoms with E-state index in [0.717, 1.165) is 44.6 Å². The molecule has 24 heavy (non-hydrogen) atoms. The van der Waals surface area contributed by atoms with Gasteiger partial charge in [-0.2, -0.15) is 0 Å². The van der Waals surface area contributed by atoms with Crippen LogP contribution in [0, 0.1) is 6.57 Å². The first-order valence-electron chi connectivity index (χ1n) is 9.13. The molecule has 0 radical (unpaired) electrons. The molecule has 5 nitrogen and oxygen atoms in total. The van der Waals surface area contributed by atoms with Crippen LogP contribution in [-0.2, 0) is 4.74 Å². The third kappa shape index (κ3) is 4.25. The van der Waals surface area contributed by atoms with Crippen LogP contribution in [-0.4, -0.2) is 54.3 Å². The molecule has 5 heteroatoms. The molecule has 0 atom stereocenters. The van der Waals surface area contributed by atoms with Gasteiger partial charge in [0.25, 0.3) is 0 Å². The molecule has 2 aliphatic rings. The van der Waals surface area contributed by atoms with Crippen LogP contribution in [0.5, 0.6) is 0 Å². The van der Waals surface area contributed by atoms with Gasteiger partial charge in [-0.3, -0.25) is 4.98 Å². The van der Waals surface area contributed by atoms with E-state index in [-0.39, 0.29) is 0 Å². The smallest absolute Gasteiger partial charge is 0.205 e. The number of piperidine rings is 2. The minimum Gasteiger partial charge on any atom is -0.375 e. The fourth-order valence-electron chi connectivity index (χ4n) is 3.65. The van der Waals surface area contributed by atoms with E-state index in [1.54, 1.807) is 6.20 Å². The number of likely N-dealkylation sites (tertiary alicyclic amines) is 1. The van der Waals surface area contributed by atoms with Crippen LogP contribution in [0.15, 0.2) is 18.3 Å². The second-order valence-corrected chi connectivity index (χ2v) is 7.14. The summed E-state index contributed by atoms with van der Waals surface area (Å²) in [5.74, 6) is 0.978. The molecule has 2 saturated heterocycles. The number of ether oxygens (including phenoxy) is 1. The monoisotopic (exact) mass is 328 g/mol. The topological polar surface area (TPSA) is 33.0 Å². The molecule has 0 bridgehead atoms. The largest absolute Gasteiger partial charge is 0.375 e. The van der Waals surface area contributed by atoms with Gasteiger partial charge in [0.1, 0.15) is 5.82 Å². The fourth-order valence-corrected chi connectivity index (χ4v) is 3.65. The van der Waals surface area contributed by atoms with Gasteiger partial charge in [-0.05, 0) is 45.6 Å². The normalized spacial score (nSPS) is 21.2. The first-order chi connectivity index (χ1) is 11.7. The zero-order valence-corrected chi connectivity index (χ0v) is 14.8. The Morgan fingerprint density at radius 1 is 1.08 bits per heavy atom. The lowest BCUT2D eigenvalue weighted by Crippen LogP contribution is -2.44. The minimum atomic E-state index is 0.388. The average Bonchev–Trinajstić information content (AvgIpc) is 2.63. The highest BCUT2D eigenvalue weighted by atomic mass is 16.5. The van der Waals surface area contributed by atoms with Crippen molar-refractivity contribution in [1.29, 1.82) is 0 Å². The van der Waals surface area contributed by atoms with Gasteiger partial charge >= 0.3 is 0 Å². The van der Waals surface area contributed by atoms with Crippen molar-refractivity contribution in [3.05, 3.63) is 29.7 Å². The zero-order chi connectivity index (χ0) is 16.9. The first kappa shape index (κ1) is 17.2. The van der Waals surface area contributed by atoms with Crippen molar-refractivity contribution in [1.82, 2.24) is 9.88 Å². The summed E-state index contributed by atoms with van der Waals surface area (Å²) in [6.45, 7) is 15.8. The van der Waals surface area contributed by atoms with Crippen molar-refractivity contribution in [3.63, 3.8) is 0 Å². The summed E-state index contributed by atoms with van der Waals surface area (Å²) >= 11 is 0. The number of hydrogen-bond acceptors (Lipinski definition) is 4. The van der Waals surface area contributed by atoms with Crippen LogP contribution in [0.2, 0.25) is 0 Å². The molecule has 0 N–H and O–H groups in total. The highest BCUT2D eigenvalue weighted by Crippen LogP contribution is 2.24. The Balaban J connectivity index is 1.43. The predicted octanol–water partition coefficient (Wildman–Crippen LogP) is 3.49. The maximum absolute atomic E-state index is 7.00. The summed E-state index contributed by atoms with van der Waals surface area (Å²) in [7, 11) is 0. The lowest BCUT2D eigenvalue weighted by atomic mass is 10.0. The van der Waals surface area contributed by atoms with Crippen molar-refractivity contribution in [2.75, 3.05) is 31.1 Å². The van der Waals surface area contributed by atoms with E-state index < -0.39 is 0 Å². The van der Waals surface area contributed by atoms with Crippen LogP contribution in [0.4, 0.5) is 11.5 Å². The molecule has 1 aromatic rings. The first-order valence-corrected chi connectivity index (χ1v) is 9.13. The Bertz CT molecular complexity index is 550. The summed E-state index contributed by atoms with van der Waals surface area (Å²) in [6.07, 6.45) is 6.95. The number of hydrogen-bond donors (Lipinski definition) is 0. The molecule has 1 aromatic heterocycles. The van der Waals surface area contributed by atoms with Crippen molar-refractivity contribution < 1.29 is 4.74 Å². The van der Waals surface area contributed by atoms with E-state index in [1.165, 1.54) is 13.1 Å². The van der Waals surface area contributed by atoms with Crippen molar-refractivity contribution in [3.8, 4) is 0 Å². The molecule has 2 aliphatic heterocycles. The second kappa shape index (κ2) is 7.96. The van der Waals surface area contributed by atoms with Gasteiger partial charge in [0.05, 0.1) is 18.8 Å². The van der Waals surface area contributed by atoms with Crippen LogP contribution in [0.1, 0.15) is 39.5 Å². The summed E-state index contributed by atoms with van der Waals surface area (Å²) in [6, 6.07) is 4.45. The van der Waals surface area contributed by atoms with Gasteiger partial charge in [0, 0.05) is 38.4 Å². The molecule has 0 aliphatic carbocycles. The van der Waals surface area contributed by atoms with Crippen LogP contribution >= 0.6 is 0 Å². The van der Waals surface area contributed by atoms with Crippen molar-refractivity contribution in [2.24, 2.45) is 0 Å². The molecule has 3 heterocycles. The van der Waals surface area contributed by atoms with E-state index in [4.69, 9.17) is 11.3 Å². The van der Waals surface area contributed by atoms with E-state index in [0.29, 0.717) is 23.9 Å². The van der Waals surface area contributed by atoms with E-state index >= 15 is 0 Å². The number of anilines is 1. The van der Waals surface area contributed by atoms with Crippen molar-refractivity contribution in [2.45, 2.75) is 57.8 Å². The maximum Gasteiger partial charge on any atom is 0.205 e. The van der Waals surface area contributed by atoms with Crippen molar-refractivity contribution >= 4 is 11.5 Å². The highest BCUT2D eigenvalue weighted by Gasteiger charge is 2.26. The van der Waals surface area contributed by atoms with Gasteiger partial charge in [-0.1, -0.05) is 6.07 Å². The fraction of sp³-hybridized carbons (Fsp3) is 0.684. The van der Waals surface area contributed by atoms with Crippen LogP contribution in [0.3, 0.4) is 0 Å². The van der Waals surface area contributed by atoms with E-state index in [1.807, 2.05) is 12.1 Å². The number of aromatic nitrogens is 1. The summed E-state index contributed by atoms with van der Waals surface area (Å²) in [4.78, 5) is 12.6. The second-order valence-electron chi connectivity index (χ2n) is 7.14. The lowest BCUT2D eigenvalue weighted by Gasteiger charge is -2.38. The molecule has 0 aromatic carbocycles.